The van der Waals surface area contributed by atoms with Crippen molar-refractivity contribution in [2.75, 3.05) is 21.2 Å². The Hall–Kier alpha value is -0.780. The summed E-state index contributed by atoms with van der Waals surface area (Å²) in [6.45, 7) is 0. The SMILES string of the molecule is COC(=O)[C@H](Cc1cnc[nH]1)N(C)C.Cl.Cl. The van der Waals surface area contributed by atoms with Crippen molar-refractivity contribution in [1.82, 2.24) is 14.9 Å². The predicted octanol–water partition coefficient (Wildman–Crippen LogP) is 0.899. The Kier molecular flexibility index (Phi) is 9.22. The van der Waals surface area contributed by atoms with Gasteiger partial charge in [0.25, 0.3) is 0 Å². The van der Waals surface area contributed by atoms with Crippen LogP contribution in [0, 0.1) is 0 Å². The summed E-state index contributed by atoms with van der Waals surface area (Å²) >= 11 is 0. The van der Waals surface area contributed by atoms with E-state index in [1.54, 1.807) is 12.5 Å². The average Bonchev–Trinajstić information content (AvgIpc) is 2.65. The van der Waals surface area contributed by atoms with Crippen molar-refractivity contribution >= 4 is 30.8 Å². The van der Waals surface area contributed by atoms with Gasteiger partial charge in [-0.25, -0.2) is 4.98 Å². The Morgan fingerprint density at radius 1 is 1.56 bits per heavy atom. The maximum absolute atomic E-state index is 11.4. The number of carbonyl (C=O) groups is 1. The quantitative estimate of drug-likeness (QED) is 0.826. The Morgan fingerprint density at radius 2 is 2.19 bits per heavy atom. The summed E-state index contributed by atoms with van der Waals surface area (Å²) in [5.41, 5.74) is 0.925. The van der Waals surface area contributed by atoms with Gasteiger partial charge in [0.1, 0.15) is 6.04 Å². The van der Waals surface area contributed by atoms with Crippen LogP contribution in [0.2, 0.25) is 0 Å². The van der Waals surface area contributed by atoms with Crippen molar-refractivity contribution in [3.05, 3.63) is 18.2 Å². The number of nitrogens with one attached hydrogen (secondary N) is 1. The molecule has 0 aliphatic heterocycles. The monoisotopic (exact) mass is 269 g/mol. The van der Waals surface area contributed by atoms with Crippen LogP contribution in [0.5, 0.6) is 0 Å². The van der Waals surface area contributed by atoms with E-state index in [1.165, 1.54) is 7.11 Å². The van der Waals surface area contributed by atoms with Crippen LogP contribution in [-0.4, -0.2) is 48.1 Å². The van der Waals surface area contributed by atoms with Crippen LogP contribution in [0.3, 0.4) is 0 Å². The van der Waals surface area contributed by atoms with E-state index in [9.17, 15) is 4.79 Å². The second kappa shape index (κ2) is 8.38. The summed E-state index contributed by atoms with van der Waals surface area (Å²) in [7, 11) is 5.09. The highest BCUT2D eigenvalue weighted by Crippen LogP contribution is 2.04. The lowest BCUT2D eigenvalue weighted by molar-refractivity contribution is -0.145. The van der Waals surface area contributed by atoms with Crippen LogP contribution in [0.25, 0.3) is 0 Å². The molecule has 0 unspecified atom stereocenters. The Labute approximate surface area is 107 Å². The summed E-state index contributed by atoms with van der Waals surface area (Å²) in [5.74, 6) is -0.232. The van der Waals surface area contributed by atoms with Gasteiger partial charge in [-0.3, -0.25) is 9.69 Å². The van der Waals surface area contributed by atoms with Gasteiger partial charge in [0.05, 0.1) is 13.4 Å². The third-order valence-corrected chi connectivity index (χ3v) is 2.06. The molecule has 94 valence electrons. The number of aromatic nitrogens is 2. The molecule has 0 amide bonds. The lowest BCUT2D eigenvalue weighted by Gasteiger charge is -2.20. The molecule has 1 atom stereocenters. The zero-order valence-corrected chi connectivity index (χ0v) is 11.1. The second-order valence-electron chi connectivity index (χ2n) is 3.28. The van der Waals surface area contributed by atoms with E-state index in [-0.39, 0.29) is 36.8 Å². The second-order valence-corrected chi connectivity index (χ2v) is 3.28. The van der Waals surface area contributed by atoms with Crippen LogP contribution in [0.4, 0.5) is 0 Å². The Morgan fingerprint density at radius 3 is 2.56 bits per heavy atom. The van der Waals surface area contributed by atoms with E-state index in [0.717, 1.165) is 5.69 Å². The third kappa shape index (κ3) is 4.83. The maximum Gasteiger partial charge on any atom is 0.323 e. The van der Waals surface area contributed by atoms with Crippen LogP contribution < -0.4 is 0 Å². The van der Waals surface area contributed by atoms with Crippen molar-refractivity contribution < 1.29 is 9.53 Å². The highest BCUT2D eigenvalue weighted by atomic mass is 35.5. The fourth-order valence-corrected chi connectivity index (χ4v) is 1.22. The third-order valence-electron chi connectivity index (χ3n) is 2.06. The molecule has 0 aromatic carbocycles. The van der Waals surface area contributed by atoms with Crippen LogP contribution in [0.1, 0.15) is 5.69 Å². The number of hydrogen-bond acceptors (Lipinski definition) is 4. The number of ether oxygens (including phenoxy) is 1. The topological polar surface area (TPSA) is 58.2 Å². The molecule has 0 bridgehead atoms. The summed E-state index contributed by atoms with van der Waals surface area (Å²) in [6.07, 6.45) is 3.89. The molecule has 0 saturated heterocycles. The summed E-state index contributed by atoms with van der Waals surface area (Å²) in [4.78, 5) is 20.1. The molecular weight excluding hydrogens is 253 g/mol. The standard InChI is InChI=1S/C9H15N3O2.2ClH/c1-12(2)8(9(13)14-3)4-7-5-10-6-11-7;;/h5-6,8H,4H2,1-3H3,(H,10,11);2*1H/t8-;;/m0../s1. The number of esters is 1. The lowest BCUT2D eigenvalue weighted by Crippen LogP contribution is -2.38. The lowest BCUT2D eigenvalue weighted by atomic mass is 10.1. The zero-order chi connectivity index (χ0) is 10.6. The number of carbonyl (C=O) groups excluding carboxylic acids is 1. The van der Waals surface area contributed by atoms with Gasteiger partial charge in [0, 0.05) is 18.3 Å². The van der Waals surface area contributed by atoms with E-state index in [0.29, 0.717) is 6.42 Å². The average molecular weight is 270 g/mol. The number of hydrogen-bond donors (Lipinski definition) is 1. The number of H-pyrrole nitrogens is 1. The minimum Gasteiger partial charge on any atom is -0.468 e. The Bertz CT molecular complexity index is 291. The number of imidazole rings is 1. The number of likely N-dealkylation sites (N-methyl/N-ethyl adjacent to an activating group) is 1. The van der Waals surface area contributed by atoms with Gasteiger partial charge >= 0.3 is 5.97 Å². The minimum atomic E-state index is -0.263. The number of aromatic amines is 1. The summed E-state index contributed by atoms with van der Waals surface area (Å²) < 4.78 is 4.71. The molecule has 0 saturated carbocycles. The van der Waals surface area contributed by atoms with Crippen molar-refractivity contribution in [2.45, 2.75) is 12.5 Å². The first-order chi connectivity index (χ1) is 6.65. The van der Waals surface area contributed by atoms with Gasteiger partial charge < -0.3 is 9.72 Å². The van der Waals surface area contributed by atoms with Crippen molar-refractivity contribution in [1.29, 1.82) is 0 Å². The van der Waals surface area contributed by atoms with E-state index < -0.39 is 0 Å². The molecule has 0 aliphatic rings. The number of nitrogens with zero attached hydrogens (tertiary/aromatic N) is 2. The normalized spacial score (nSPS) is 11.2. The molecule has 0 fully saturated rings. The van der Waals surface area contributed by atoms with Crippen molar-refractivity contribution in [2.24, 2.45) is 0 Å². The van der Waals surface area contributed by atoms with Gasteiger partial charge in [0.2, 0.25) is 0 Å². The molecular formula is C9H17Cl2N3O2. The molecule has 0 aliphatic carbocycles. The number of methoxy groups -OCH3 is 1. The molecule has 0 radical (unpaired) electrons. The molecule has 1 rings (SSSR count). The van der Waals surface area contributed by atoms with E-state index >= 15 is 0 Å². The first-order valence-corrected chi connectivity index (χ1v) is 4.36. The molecule has 1 aromatic rings. The van der Waals surface area contributed by atoms with E-state index in [2.05, 4.69) is 9.97 Å². The van der Waals surface area contributed by atoms with E-state index in [4.69, 9.17) is 4.74 Å². The largest absolute Gasteiger partial charge is 0.468 e. The minimum absolute atomic E-state index is 0. The fourth-order valence-electron chi connectivity index (χ4n) is 1.22. The van der Waals surface area contributed by atoms with Crippen LogP contribution >= 0.6 is 24.8 Å². The van der Waals surface area contributed by atoms with E-state index in [1.807, 2.05) is 19.0 Å². The smallest absolute Gasteiger partial charge is 0.323 e. The van der Waals surface area contributed by atoms with Gasteiger partial charge in [-0.1, -0.05) is 0 Å². The molecule has 1 aromatic heterocycles. The van der Waals surface area contributed by atoms with Crippen LogP contribution in [0.15, 0.2) is 12.5 Å². The first-order valence-electron chi connectivity index (χ1n) is 4.36. The molecule has 16 heavy (non-hydrogen) atoms. The highest BCUT2D eigenvalue weighted by molar-refractivity contribution is 5.85. The van der Waals surface area contributed by atoms with Gasteiger partial charge in [0.15, 0.2) is 0 Å². The van der Waals surface area contributed by atoms with Gasteiger partial charge in [-0.2, -0.15) is 0 Å². The number of rotatable bonds is 4. The zero-order valence-electron chi connectivity index (χ0n) is 9.47. The molecule has 7 heteroatoms. The summed E-state index contributed by atoms with van der Waals surface area (Å²) in [6, 6.07) is -0.263. The van der Waals surface area contributed by atoms with Crippen molar-refractivity contribution in [3.63, 3.8) is 0 Å². The molecule has 1 N–H and O–H groups in total. The van der Waals surface area contributed by atoms with Crippen molar-refractivity contribution in [3.8, 4) is 0 Å². The molecule has 0 spiro atoms. The van der Waals surface area contributed by atoms with Gasteiger partial charge in [-0.15, -0.1) is 24.8 Å². The molecule has 1 heterocycles. The maximum atomic E-state index is 11.4. The molecule has 5 nitrogen and oxygen atoms in total. The fraction of sp³-hybridized carbons (Fsp3) is 0.556. The highest BCUT2D eigenvalue weighted by Gasteiger charge is 2.22. The number of halogens is 2. The predicted molar refractivity (Wildman–Crippen MR) is 66.3 cm³/mol. The summed E-state index contributed by atoms with van der Waals surface area (Å²) in [5, 5.41) is 0. The van der Waals surface area contributed by atoms with Crippen LogP contribution in [-0.2, 0) is 16.0 Å². The van der Waals surface area contributed by atoms with Gasteiger partial charge in [-0.05, 0) is 14.1 Å². The Balaban J connectivity index is 0. The first kappa shape index (κ1) is 17.6.